The van der Waals surface area contributed by atoms with Crippen LogP contribution in [0, 0.1) is 10.8 Å². The van der Waals surface area contributed by atoms with E-state index in [1.165, 1.54) is 6.92 Å². The highest BCUT2D eigenvalue weighted by Crippen LogP contribution is 2.28. The molecule has 0 aliphatic rings. The Kier molecular flexibility index (Phi) is 4.79. The van der Waals surface area contributed by atoms with Crippen molar-refractivity contribution in [2.24, 2.45) is 10.8 Å². The molecule has 0 amide bonds. The second-order valence-corrected chi connectivity index (χ2v) is 7.02. The Morgan fingerprint density at radius 1 is 0.783 bits per heavy atom. The summed E-state index contributed by atoms with van der Waals surface area (Å²) in [5.74, 6) is -1.43. The predicted molar refractivity (Wildman–Crippen MR) is 101 cm³/mol. The molecule has 0 saturated carbocycles. The highest BCUT2D eigenvalue weighted by Gasteiger charge is 2.20. The minimum absolute atomic E-state index is 0.121. The molecule has 2 heteroatoms. The average molecular weight is 339 g/mol. The van der Waals surface area contributed by atoms with Gasteiger partial charge in [-0.25, -0.2) is 0 Å². The molecule has 0 spiro atoms. The van der Waals surface area contributed by atoms with Crippen LogP contribution in [0.25, 0.3) is 0 Å². The summed E-state index contributed by atoms with van der Waals surface area (Å²) in [5, 5.41) is 9.11. The topological polar surface area (TPSA) is 37.3 Å². The Morgan fingerprint density at radius 2 is 1.22 bits per heavy atom. The molecular formula is C21H42O2. The molecule has 0 aromatic rings. The van der Waals surface area contributed by atoms with Gasteiger partial charge >= 0.3 is 5.97 Å². The van der Waals surface area contributed by atoms with Crippen molar-refractivity contribution in [3.63, 3.8) is 0 Å². The summed E-state index contributed by atoms with van der Waals surface area (Å²) in [7, 11) is 0. The van der Waals surface area contributed by atoms with Crippen LogP contribution in [0.3, 0.4) is 0 Å². The first-order valence-corrected chi connectivity index (χ1v) is 8.84. The Balaban J connectivity index is 4.28. The molecule has 2 nitrogen and oxygen atoms in total. The van der Waals surface area contributed by atoms with Gasteiger partial charge in [0, 0.05) is 16.4 Å². The minimum atomic E-state index is -2.90. The lowest BCUT2D eigenvalue weighted by molar-refractivity contribution is -0.139. The van der Waals surface area contributed by atoms with Crippen LogP contribution in [-0.2, 0) is 4.79 Å². The lowest BCUT2D eigenvalue weighted by atomic mass is 9.83. The molecule has 0 rings (SSSR count). The first kappa shape index (κ1) is 9.25. The Bertz CT molecular complexity index is 604. The van der Waals surface area contributed by atoms with Crippen LogP contribution in [0.1, 0.15) is 134 Å². The van der Waals surface area contributed by atoms with Gasteiger partial charge in [0.15, 0.2) is 0 Å². The maximum Gasteiger partial charge on any atom is 0.303 e. The lowest BCUT2D eigenvalue weighted by Gasteiger charge is -2.21. The van der Waals surface area contributed by atoms with E-state index in [9.17, 15) is 4.79 Å². The second-order valence-electron chi connectivity index (χ2n) is 7.02. The zero-order valence-electron chi connectivity index (χ0n) is 26.5. The fourth-order valence-electron chi connectivity index (χ4n) is 2.67. The van der Waals surface area contributed by atoms with E-state index in [0.29, 0.717) is 19.3 Å². The third-order valence-electron chi connectivity index (χ3n) is 3.98. The normalized spacial score (nSPS) is 22.5. The van der Waals surface area contributed by atoms with Gasteiger partial charge in [0.2, 0.25) is 0 Å². The van der Waals surface area contributed by atoms with Gasteiger partial charge in [-0.1, -0.05) is 98.5 Å². The van der Waals surface area contributed by atoms with E-state index in [1.807, 2.05) is 0 Å². The van der Waals surface area contributed by atoms with E-state index in [1.54, 1.807) is 0 Å². The van der Waals surface area contributed by atoms with Gasteiger partial charge in [-0.3, -0.25) is 4.79 Å². The average Bonchev–Trinajstić information content (AvgIpc) is 2.63. The summed E-state index contributed by atoms with van der Waals surface area (Å²) in [6.45, 7) is -9.58. The molecule has 138 valence electrons. The Labute approximate surface area is 162 Å². The van der Waals surface area contributed by atoms with Crippen LogP contribution >= 0.6 is 0 Å². The van der Waals surface area contributed by atoms with Gasteiger partial charge in [-0.15, -0.1) is 0 Å². The van der Waals surface area contributed by atoms with E-state index < -0.39 is 50.6 Å². The SMILES string of the molecule is [2H]C([2H])([2H])C(C)(CCCCCCCCCCCCC(CC(=O)O)(C([2H])([2H])[2H])C([2H])([2H])[2H])C([2H])([2H])[2H]. The monoisotopic (exact) mass is 338 g/mol. The zero-order chi connectivity index (χ0) is 27.8. The van der Waals surface area contributed by atoms with Crippen LogP contribution in [0.5, 0.6) is 0 Å². The largest absolute Gasteiger partial charge is 0.481 e. The Morgan fingerprint density at radius 3 is 1.61 bits per heavy atom. The molecule has 0 radical (unpaired) electrons. The molecule has 0 unspecified atom stereocenters. The first-order chi connectivity index (χ1) is 15.6. The summed E-state index contributed by atoms with van der Waals surface area (Å²) in [6, 6.07) is 0. The molecule has 0 atom stereocenters. The van der Waals surface area contributed by atoms with Gasteiger partial charge < -0.3 is 5.11 Å². The van der Waals surface area contributed by atoms with Crippen molar-refractivity contribution in [1.82, 2.24) is 0 Å². The number of rotatable bonds is 14. The summed E-state index contributed by atoms with van der Waals surface area (Å²) >= 11 is 0. The van der Waals surface area contributed by atoms with E-state index in [0.717, 1.165) is 44.9 Å². The van der Waals surface area contributed by atoms with Crippen molar-refractivity contribution in [3.05, 3.63) is 0 Å². The molecule has 0 aromatic heterocycles. The number of unbranched alkanes of at least 4 members (excludes halogenated alkanes) is 9. The van der Waals surface area contributed by atoms with Crippen LogP contribution < -0.4 is 0 Å². The van der Waals surface area contributed by atoms with Crippen LogP contribution in [0.15, 0.2) is 0 Å². The molecule has 0 heterocycles. The number of aliphatic carboxylic acids is 1. The van der Waals surface area contributed by atoms with Gasteiger partial charge in [0.25, 0.3) is 0 Å². The number of carboxylic acids is 1. The fraction of sp³-hybridized carbons (Fsp3) is 0.952. The summed E-state index contributed by atoms with van der Waals surface area (Å²) in [4.78, 5) is 11.2. The summed E-state index contributed by atoms with van der Waals surface area (Å²) in [6.07, 6.45) is 6.67. The fourth-order valence-corrected chi connectivity index (χ4v) is 2.67. The maximum absolute atomic E-state index is 11.2. The minimum Gasteiger partial charge on any atom is -0.481 e. The summed E-state index contributed by atoms with van der Waals surface area (Å²) in [5.41, 5.74) is -3.96. The van der Waals surface area contributed by atoms with Gasteiger partial charge in [0.1, 0.15) is 0 Å². The molecule has 0 fully saturated rings. The number of hydrogen-bond acceptors (Lipinski definition) is 1. The van der Waals surface area contributed by atoms with Crippen molar-refractivity contribution < 1.29 is 26.4 Å². The predicted octanol–water partition coefficient (Wildman–Crippen LogP) is 7.21. The molecule has 0 bridgehead atoms. The molecule has 0 aliphatic carbocycles. The van der Waals surface area contributed by atoms with Crippen LogP contribution in [-0.4, -0.2) is 11.1 Å². The van der Waals surface area contributed by atoms with Gasteiger partial charge in [-0.05, 0) is 23.7 Å². The third-order valence-corrected chi connectivity index (χ3v) is 3.98. The van der Waals surface area contributed by atoms with Crippen molar-refractivity contribution in [2.45, 2.75) is 118 Å². The highest BCUT2D eigenvalue weighted by atomic mass is 16.4. The van der Waals surface area contributed by atoms with E-state index in [2.05, 4.69) is 0 Å². The smallest absolute Gasteiger partial charge is 0.303 e. The molecule has 0 saturated heterocycles. The van der Waals surface area contributed by atoms with E-state index in [-0.39, 0.29) is 12.8 Å². The molecule has 0 aromatic carbocycles. The summed E-state index contributed by atoms with van der Waals surface area (Å²) < 4.78 is 91.6. The second kappa shape index (κ2) is 11.9. The van der Waals surface area contributed by atoms with Crippen molar-refractivity contribution in [2.75, 3.05) is 0 Å². The van der Waals surface area contributed by atoms with Gasteiger partial charge in [0.05, 0.1) is 6.42 Å². The third kappa shape index (κ3) is 17.7. The lowest BCUT2D eigenvalue weighted by Crippen LogP contribution is -2.16. The zero-order valence-corrected chi connectivity index (χ0v) is 14.5. The number of carbonyl (C=O) groups is 1. The van der Waals surface area contributed by atoms with Crippen molar-refractivity contribution in [1.29, 1.82) is 0 Å². The molecular weight excluding hydrogens is 284 g/mol. The maximum atomic E-state index is 11.2. The van der Waals surface area contributed by atoms with Crippen molar-refractivity contribution in [3.8, 4) is 0 Å². The molecule has 23 heavy (non-hydrogen) atoms. The van der Waals surface area contributed by atoms with E-state index in [4.69, 9.17) is 21.6 Å². The Hall–Kier alpha value is -0.530. The standard InChI is InChI=1S/C21H42O2/c1-20(2,3)16-14-12-10-8-6-7-9-11-13-15-17-21(4,5)18-19(22)23/h6-18H2,1-5H3,(H,22,23)/i1D3,2D3,4D3,5D3. The quantitative estimate of drug-likeness (QED) is 0.340. The number of carboxylic acid groups (broad SMARTS) is 1. The van der Waals surface area contributed by atoms with Gasteiger partial charge in [-0.2, -0.15) is 0 Å². The van der Waals surface area contributed by atoms with E-state index >= 15 is 0 Å². The molecule has 1 N–H and O–H groups in total. The highest BCUT2D eigenvalue weighted by molar-refractivity contribution is 5.67. The first-order valence-electron chi connectivity index (χ1n) is 14.8. The van der Waals surface area contributed by atoms with Crippen LogP contribution in [0.2, 0.25) is 0 Å². The molecule has 0 aliphatic heterocycles. The van der Waals surface area contributed by atoms with Crippen molar-refractivity contribution >= 4 is 5.97 Å². The number of hydrogen-bond donors (Lipinski definition) is 1. The van der Waals surface area contributed by atoms with Crippen LogP contribution in [0.4, 0.5) is 0 Å².